The summed E-state index contributed by atoms with van der Waals surface area (Å²) >= 11 is 0. The average Bonchev–Trinajstić information content (AvgIpc) is 2.98. The molecule has 10 heteroatoms. The molecule has 0 radical (unpaired) electrons. The second-order valence-electron chi connectivity index (χ2n) is 5.44. The number of nitrogens with one attached hydrogen (secondary N) is 1. The topological polar surface area (TPSA) is 130 Å². The molecule has 1 amide bonds. The predicted octanol–water partition coefficient (Wildman–Crippen LogP) is 0.749. The highest BCUT2D eigenvalue weighted by atomic mass is 32.2. The van der Waals surface area contributed by atoms with Crippen LogP contribution in [0.25, 0.3) is 0 Å². The summed E-state index contributed by atoms with van der Waals surface area (Å²) in [6.07, 6.45) is 4.10. The zero-order valence-electron chi connectivity index (χ0n) is 13.1. The minimum absolute atomic E-state index is 0.324. The lowest BCUT2D eigenvalue weighted by Gasteiger charge is -2.17. The van der Waals surface area contributed by atoms with Crippen LogP contribution in [0, 0.1) is 0 Å². The maximum Gasteiger partial charge on any atom is 0.356 e. The van der Waals surface area contributed by atoms with Crippen LogP contribution < -0.4 is 9.62 Å². The van der Waals surface area contributed by atoms with Crippen molar-refractivity contribution in [2.45, 2.75) is 6.42 Å². The highest BCUT2D eigenvalue weighted by Gasteiger charge is 2.27. The second kappa shape index (κ2) is 6.13. The zero-order valence-corrected chi connectivity index (χ0v) is 13.9. The molecule has 1 aromatic carbocycles. The van der Waals surface area contributed by atoms with Gasteiger partial charge in [0.15, 0.2) is 11.4 Å². The molecule has 1 aliphatic heterocycles. The largest absolute Gasteiger partial charge is 0.476 e. The Kier molecular flexibility index (Phi) is 4.13. The van der Waals surface area contributed by atoms with Crippen molar-refractivity contribution in [1.82, 2.24) is 9.97 Å². The molecular formula is C15H14N4O5S. The summed E-state index contributed by atoms with van der Waals surface area (Å²) in [5, 5.41) is 11.6. The van der Waals surface area contributed by atoms with Gasteiger partial charge in [0, 0.05) is 24.6 Å². The Hall–Kier alpha value is -3.01. The van der Waals surface area contributed by atoms with Gasteiger partial charge in [-0.25, -0.2) is 23.2 Å². The van der Waals surface area contributed by atoms with Gasteiger partial charge >= 0.3 is 5.97 Å². The summed E-state index contributed by atoms with van der Waals surface area (Å²) in [4.78, 5) is 30.8. The van der Waals surface area contributed by atoms with Crippen LogP contribution >= 0.6 is 0 Å². The second-order valence-corrected chi connectivity index (χ2v) is 7.35. The summed E-state index contributed by atoms with van der Waals surface area (Å²) < 4.78 is 24.9. The molecule has 9 nitrogen and oxygen atoms in total. The molecule has 0 saturated heterocycles. The lowest BCUT2D eigenvalue weighted by atomic mass is 10.1. The molecule has 0 spiro atoms. The number of amides is 1. The van der Waals surface area contributed by atoms with Crippen LogP contribution in [0.3, 0.4) is 0 Å². The Bertz CT molecular complexity index is 974. The van der Waals surface area contributed by atoms with E-state index in [0.29, 0.717) is 24.3 Å². The molecule has 25 heavy (non-hydrogen) atoms. The fourth-order valence-electron chi connectivity index (χ4n) is 2.62. The van der Waals surface area contributed by atoms with Gasteiger partial charge < -0.3 is 10.4 Å². The molecule has 1 aliphatic rings. The first-order valence-corrected chi connectivity index (χ1v) is 9.08. The summed E-state index contributed by atoms with van der Waals surface area (Å²) in [7, 11) is -3.41. The third-order valence-corrected chi connectivity index (χ3v) is 4.89. The standard InChI is InChI=1S/C15H14N4O5S/c1-25(23,24)19-7-4-9-2-3-10(8-11(9)19)18-14(20)12-13(15(21)22)17-6-5-16-12/h2-3,5-6,8H,4,7H2,1H3,(H,18,20)(H,21,22). The smallest absolute Gasteiger partial charge is 0.356 e. The molecule has 2 heterocycles. The number of hydrogen-bond donors (Lipinski definition) is 2. The molecule has 0 unspecified atom stereocenters. The van der Waals surface area contributed by atoms with Crippen LogP contribution in [-0.4, -0.2) is 48.2 Å². The fourth-order valence-corrected chi connectivity index (χ4v) is 3.57. The number of carboxylic acids is 1. The van der Waals surface area contributed by atoms with E-state index >= 15 is 0 Å². The molecule has 1 aromatic heterocycles. The third kappa shape index (κ3) is 3.29. The first kappa shape index (κ1) is 16.8. The van der Waals surface area contributed by atoms with Gasteiger partial charge in [0.25, 0.3) is 5.91 Å². The van der Waals surface area contributed by atoms with Crippen LogP contribution in [0.15, 0.2) is 30.6 Å². The van der Waals surface area contributed by atoms with Crippen molar-refractivity contribution in [1.29, 1.82) is 0 Å². The first-order valence-electron chi connectivity index (χ1n) is 7.23. The predicted molar refractivity (Wildman–Crippen MR) is 89.3 cm³/mol. The lowest BCUT2D eigenvalue weighted by Crippen LogP contribution is -2.27. The van der Waals surface area contributed by atoms with Crippen LogP contribution in [0.2, 0.25) is 0 Å². The van der Waals surface area contributed by atoms with Gasteiger partial charge in [-0.3, -0.25) is 9.10 Å². The van der Waals surface area contributed by atoms with Crippen molar-refractivity contribution in [3.05, 3.63) is 47.5 Å². The SMILES string of the molecule is CS(=O)(=O)N1CCc2ccc(NC(=O)c3nccnc3C(=O)O)cc21. The molecule has 0 atom stereocenters. The number of aromatic carboxylic acids is 1. The lowest BCUT2D eigenvalue weighted by molar-refractivity contribution is 0.0685. The van der Waals surface area contributed by atoms with E-state index in [4.69, 9.17) is 5.11 Å². The minimum Gasteiger partial charge on any atom is -0.476 e. The van der Waals surface area contributed by atoms with Crippen LogP contribution in [0.5, 0.6) is 0 Å². The van der Waals surface area contributed by atoms with Crippen molar-refractivity contribution in [3.8, 4) is 0 Å². The van der Waals surface area contributed by atoms with Crippen LogP contribution in [0.1, 0.15) is 26.5 Å². The maximum atomic E-state index is 12.3. The Morgan fingerprint density at radius 3 is 2.52 bits per heavy atom. The highest BCUT2D eigenvalue weighted by molar-refractivity contribution is 7.92. The zero-order chi connectivity index (χ0) is 18.2. The first-order chi connectivity index (χ1) is 11.8. The molecule has 0 aliphatic carbocycles. The van der Waals surface area contributed by atoms with Gasteiger partial charge in [-0.2, -0.15) is 0 Å². The number of carbonyl (C=O) groups excluding carboxylic acids is 1. The number of rotatable bonds is 4. The maximum absolute atomic E-state index is 12.3. The minimum atomic E-state index is -3.41. The number of fused-ring (bicyclic) bond motifs is 1. The number of carboxylic acid groups (broad SMARTS) is 1. The molecule has 0 saturated carbocycles. The number of hydrogen-bond acceptors (Lipinski definition) is 6. The Morgan fingerprint density at radius 1 is 1.20 bits per heavy atom. The van der Waals surface area contributed by atoms with Gasteiger partial charge in [-0.05, 0) is 24.1 Å². The fraction of sp³-hybridized carbons (Fsp3) is 0.200. The Labute approximate surface area is 143 Å². The summed E-state index contributed by atoms with van der Waals surface area (Å²) in [5.41, 5.74) is 0.905. The number of nitrogens with zero attached hydrogens (tertiary/aromatic N) is 3. The van der Waals surface area contributed by atoms with E-state index in [0.717, 1.165) is 11.8 Å². The van der Waals surface area contributed by atoms with E-state index in [9.17, 15) is 18.0 Å². The van der Waals surface area contributed by atoms with E-state index in [1.807, 2.05) is 0 Å². The molecule has 0 bridgehead atoms. The molecule has 130 valence electrons. The number of benzene rings is 1. The number of aromatic nitrogens is 2. The molecule has 2 N–H and O–H groups in total. The quantitative estimate of drug-likeness (QED) is 0.821. The monoisotopic (exact) mass is 362 g/mol. The van der Waals surface area contributed by atoms with E-state index in [-0.39, 0.29) is 5.69 Å². The van der Waals surface area contributed by atoms with Crippen LogP contribution in [0.4, 0.5) is 11.4 Å². The molecule has 2 aromatic rings. The van der Waals surface area contributed by atoms with E-state index in [1.54, 1.807) is 12.1 Å². The summed E-state index contributed by atoms with van der Waals surface area (Å²) in [5.74, 6) is -2.11. The van der Waals surface area contributed by atoms with E-state index in [1.165, 1.54) is 22.8 Å². The normalized spacial score (nSPS) is 13.4. The van der Waals surface area contributed by atoms with E-state index in [2.05, 4.69) is 15.3 Å². The third-order valence-electron chi connectivity index (χ3n) is 3.71. The molecule has 3 rings (SSSR count). The summed E-state index contributed by atoms with van der Waals surface area (Å²) in [6, 6.07) is 4.89. The molecule has 0 fully saturated rings. The summed E-state index contributed by atoms with van der Waals surface area (Å²) in [6.45, 7) is 0.346. The van der Waals surface area contributed by atoms with Crippen molar-refractivity contribution < 1.29 is 23.1 Å². The van der Waals surface area contributed by atoms with Crippen molar-refractivity contribution >= 4 is 33.3 Å². The van der Waals surface area contributed by atoms with Gasteiger partial charge in [0.2, 0.25) is 10.0 Å². The number of anilines is 2. The average molecular weight is 362 g/mol. The molecular weight excluding hydrogens is 348 g/mol. The Balaban J connectivity index is 1.90. The van der Waals surface area contributed by atoms with Crippen molar-refractivity contribution in [2.75, 3.05) is 22.4 Å². The van der Waals surface area contributed by atoms with Gasteiger partial charge in [-0.1, -0.05) is 6.07 Å². The van der Waals surface area contributed by atoms with Crippen LogP contribution in [-0.2, 0) is 16.4 Å². The Morgan fingerprint density at radius 2 is 1.88 bits per heavy atom. The highest BCUT2D eigenvalue weighted by Crippen LogP contribution is 2.32. The number of carbonyl (C=O) groups is 2. The van der Waals surface area contributed by atoms with E-state index < -0.39 is 27.6 Å². The van der Waals surface area contributed by atoms with Gasteiger partial charge in [0.1, 0.15) is 0 Å². The van der Waals surface area contributed by atoms with Crippen molar-refractivity contribution in [3.63, 3.8) is 0 Å². The van der Waals surface area contributed by atoms with Gasteiger partial charge in [-0.15, -0.1) is 0 Å². The van der Waals surface area contributed by atoms with Crippen molar-refractivity contribution in [2.24, 2.45) is 0 Å². The van der Waals surface area contributed by atoms with Gasteiger partial charge in [0.05, 0.1) is 11.9 Å². The number of sulfonamides is 1.